The van der Waals surface area contributed by atoms with E-state index >= 15 is 0 Å². The second-order valence-corrected chi connectivity index (χ2v) is 8.00. The summed E-state index contributed by atoms with van der Waals surface area (Å²) in [7, 11) is -3.81. The molecule has 0 unspecified atom stereocenters. The minimum atomic E-state index is -3.81. The number of para-hydroxylation sites is 3. The predicted molar refractivity (Wildman–Crippen MR) is 111 cm³/mol. The van der Waals surface area contributed by atoms with E-state index in [0.717, 1.165) is 11.3 Å². The average Bonchev–Trinajstić information content (AvgIpc) is 2.69. The molecule has 4 aromatic rings. The standard InChI is InChI=1S/C21H18N4O2S/c1-15-11-13-17(14-12-15)28(26,27)25-21-20(22-16-7-3-2-4-8-16)23-18-9-5-6-10-19(18)24-21/h2-14H,1H3,(H,22,23)(H,24,25). The Morgan fingerprint density at radius 3 is 1.93 bits per heavy atom. The van der Waals surface area contributed by atoms with Gasteiger partial charge in [-0.2, -0.15) is 0 Å². The van der Waals surface area contributed by atoms with Gasteiger partial charge in [-0.3, -0.25) is 4.72 Å². The summed E-state index contributed by atoms with van der Waals surface area (Å²) in [4.78, 5) is 9.21. The molecule has 3 aromatic carbocycles. The molecule has 0 radical (unpaired) electrons. The maximum Gasteiger partial charge on any atom is 0.263 e. The molecule has 0 aliphatic rings. The summed E-state index contributed by atoms with van der Waals surface area (Å²) in [5.74, 6) is 0.476. The summed E-state index contributed by atoms with van der Waals surface area (Å²) in [6.45, 7) is 1.90. The minimum Gasteiger partial charge on any atom is -0.337 e. The second-order valence-electron chi connectivity index (χ2n) is 6.32. The molecule has 0 amide bonds. The van der Waals surface area contributed by atoms with Crippen molar-refractivity contribution in [3.8, 4) is 0 Å². The van der Waals surface area contributed by atoms with Crippen molar-refractivity contribution in [3.05, 3.63) is 84.4 Å². The van der Waals surface area contributed by atoms with Crippen LogP contribution in [0, 0.1) is 6.92 Å². The van der Waals surface area contributed by atoms with E-state index in [4.69, 9.17) is 0 Å². The number of hydrogen-bond acceptors (Lipinski definition) is 5. The molecule has 4 rings (SSSR count). The molecule has 0 saturated heterocycles. The summed E-state index contributed by atoms with van der Waals surface area (Å²) in [5.41, 5.74) is 3.03. The van der Waals surface area contributed by atoms with Crippen LogP contribution in [0.3, 0.4) is 0 Å². The SMILES string of the molecule is Cc1ccc(S(=O)(=O)Nc2nc3ccccc3nc2Nc2ccccc2)cc1. The van der Waals surface area contributed by atoms with Gasteiger partial charge >= 0.3 is 0 Å². The number of aromatic nitrogens is 2. The van der Waals surface area contributed by atoms with Gasteiger partial charge < -0.3 is 5.32 Å². The Labute approximate surface area is 163 Å². The van der Waals surface area contributed by atoms with Crippen LogP contribution in [0.2, 0.25) is 0 Å². The Bertz CT molecular complexity index is 1220. The van der Waals surface area contributed by atoms with Gasteiger partial charge in [0.25, 0.3) is 10.0 Å². The molecule has 7 heteroatoms. The lowest BCUT2D eigenvalue weighted by atomic mass is 10.2. The third-order valence-corrected chi connectivity index (χ3v) is 5.52. The first-order valence-electron chi connectivity index (χ1n) is 8.70. The zero-order valence-corrected chi connectivity index (χ0v) is 15.9. The number of rotatable bonds is 5. The Balaban J connectivity index is 1.77. The van der Waals surface area contributed by atoms with Gasteiger partial charge in [-0.05, 0) is 43.3 Å². The van der Waals surface area contributed by atoms with Crippen molar-refractivity contribution < 1.29 is 8.42 Å². The molecular weight excluding hydrogens is 372 g/mol. The van der Waals surface area contributed by atoms with Crippen LogP contribution < -0.4 is 10.0 Å². The lowest BCUT2D eigenvalue weighted by molar-refractivity contribution is 0.601. The van der Waals surface area contributed by atoms with Gasteiger partial charge in [-0.1, -0.05) is 48.0 Å². The Hall–Kier alpha value is -3.45. The molecule has 6 nitrogen and oxygen atoms in total. The second kappa shape index (κ2) is 7.28. The summed E-state index contributed by atoms with van der Waals surface area (Å²) in [5, 5.41) is 3.15. The van der Waals surface area contributed by atoms with Crippen LogP contribution in [0.5, 0.6) is 0 Å². The molecule has 1 heterocycles. The van der Waals surface area contributed by atoms with E-state index < -0.39 is 10.0 Å². The summed E-state index contributed by atoms with van der Waals surface area (Å²) in [6, 6.07) is 23.4. The zero-order valence-electron chi connectivity index (χ0n) is 15.1. The fraction of sp³-hybridized carbons (Fsp3) is 0.0476. The maximum absolute atomic E-state index is 12.8. The van der Waals surface area contributed by atoms with Gasteiger partial charge in [-0.15, -0.1) is 0 Å². The molecule has 0 atom stereocenters. The molecule has 140 valence electrons. The summed E-state index contributed by atoms with van der Waals surface area (Å²) >= 11 is 0. The van der Waals surface area contributed by atoms with Gasteiger partial charge in [0.05, 0.1) is 15.9 Å². The van der Waals surface area contributed by atoms with E-state index in [1.54, 1.807) is 30.3 Å². The van der Waals surface area contributed by atoms with E-state index in [2.05, 4.69) is 20.0 Å². The molecule has 0 spiro atoms. The molecule has 0 fully saturated rings. The first kappa shape index (κ1) is 17.9. The predicted octanol–water partition coefficient (Wildman–Crippen LogP) is 4.48. The van der Waals surface area contributed by atoms with E-state index in [1.807, 2.05) is 55.5 Å². The van der Waals surface area contributed by atoms with Gasteiger partial charge in [0.1, 0.15) is 0 Å². The van der Waals surface area contributed by atoms with E-state index in [0.29, 0.717) is 16.9 Å². The van der Waals surface area contributed by atoms with Crippen molar-refractivity contribution >= 4 is 38.4 Å². The van der Waals surface area contributed by atoms with Gasteiger partial charge in [0, 0.05) is 5.69 Å². The van der Waals surface area contributed by atoms with Crippen LogP contribution in [0.25, 0.3) is 11.0 Å². The van der Waals surface area contributed by atoms with Crippen molar-refractivity contribution in [1.29, 1.82) is 0 Å². The maximum atomic E-state index is 12.8. The number of benzene rings is 3. The lowest BCUT2D eigenvalue weighted by Gasteiger charge is -2.14. The number of nitrogens with zero attached hydrogens (tertiary/aromatic N) is 2. The lowest BCUT2D eigenvalue weighted by Crippen LogP contribution is -2.16. The molecule has 1 aromatic heterocycles. The fourth-order valence-corrected chi connectivity index (χ4v) is 3.73. The summed E-state index contributed by atoms with van der Waals surface area (Å²) < 4.78 is 28.3. The Kier molecular flexibility index (Phi) is 4.67. The highest BCUT2D eigenvalue weighted by molar-refractivity contribution is 7.92. The largest absolute Gasteiger partial charge is 0.337 e. The van der Waals surface area contributed by atoms with E-state index in [9.17, 15) is 8.42 Å². The van der Waals surface area contributed by atoms with Gasteiger partial charge in [0.15, 0.2) is 11.6 Å². The number of sulfonamides is 1. The molecule has 0 aliphatic carbocycles. The number of anilines is 3. The summed E-state index contributed by atoms with van der Waals surface area (Å²) in [6.07, 6.45) is 0. The number of aryl methyl sites for hydroxylation is 1. The van der Waals surface area contributed by atoms with Crippen LogP contribution in [-0.4, -0.2) is 18.4 Å². The van der Waals surface area contributed by atoms with Crippen LogP contribution in [0.1, 0.15) is 5.56 Å². The number of nitrogens with one attached hydrogen (secondary N) is 2. The first-order chi connectivity index (χ1) is 13.5. The van der Waals surface area contributed by atoms with Crippen LogP contribution >= 0.6 is 0 Å². The quantitative estimate of drug-likeness (QED) is 0.525. The van der Waals surface area contributed by atoms with Gasteiger partial charge in [0.2, 0.25) is 0 Å². The molecule has 0 aliphatic heterocycles. The van der Waals surface area contributed by atoms with Crippen molar-refractivity contribution in [2.45, 2.75) is 11.8 Å². The third kappa shape index (κ3) is 3.79. The zero-order chi connectivity index (χ0) is 19.6. The molecule has 28 heavy (non-hydrogen) atoms. The number of fused-ring (bicyclic) bond motifs is 1. The Morgan fingerprint density at radius 1 is 0.714 bits per heavy atom. The fourth-order valence-electron chi connectivity index (χ4n) is 2.72. The number of hydrogen-bond donors (Lipinski definition) is 2. The minimum absolute atomic E-state index is 0.142. The van der Waals surface area contributed by atoms with E-state index in [1.165, 1.54) is 0 Å². The highest BCUT2D eigenvalue weighted by Gasteiger charge is 2.19. The van der Waals surface area contributed by atoms with Crippen molar-refractivity contribution in [2.24, 2.45) is 0 Å². The molecular formula is C21H18N4O2S. The Morgan fingerprint density at radius 2 is 1.29 bits per heavy atom. The highest BCUT2D eigenvalue weighted by atomic mass is 32.2. The molecule has 0 saturated carbocycles. The van der Waals surface area contributed by atoms with Crippen LogP contribution in [0.4, 0.5) is 17.3 Å². The van der Waals surface area contributed by atoms with Crippen LogP contribution in [-0.2, 0) is 10.0 Å². The van der Waals surface area contributed by atoms with E-state index in [-0.39, 0.29) is 10.7 Å². The molecule has 2 N–H and O–H groups in total. The van der Waals surface area contributed by atoms with Crippen molar-refractivity contribution in [1.82, 2.24) is 9.97 Å². The van der Waals surface area contributed by atoms with Gasteiger partial charge in [-0.25, -0.2) is 18.4 Å². The molecule has 0 bridgehead atoms. The van der Waals surface area contributed by atoms with Crippen molar-refractivity contribution in [3.63, 3.8) is 0 Å². The topological polar surface area (TPSA) is 84.0 Å². The highest BCUT2D eigenvalue weighted by Crippen LogP contribution is 2.27. The normalized spacial score (nSPS) is 11.3. The third-order valence-electron chi connectivity index (χ3n) is 4.17. The van der Waals surface area contributed by atoms with Crippen molar-refractivity contribution in [2.75, 3.05) is 10.0 Å². The average molecular weight is 390 g/mol. The van der Waals surface area contributed by atoms with Crippen LogP contribution in [0.15, 0.2) is 83.8 Å². The first-order valence-corrected chi connectivity index (χ1v) is 10.2. The smallest absolute Gasteiger partial charge is 0.263 e. The monoisotopic (exact) mass is 390 g/mol.